The Morgan fingerprint density at radius 2 is 1.79 bits per heavy atom. The van der Waals surface area contributed by atoms with Gasteiger partial charge in [-0.3, -0.25) is 4.90 Å². The van der Waals surface area contributed by atoms with Crippen molar-refractivity contribution < 1.29 is 0 Å². The van der Waals surface area contributed by atoms with Crippen molar-refractivity contribution in [2.75, 3.05) is 62.4 Å². The molecular weight excluding hydrogens is 242 g/mol. The van der Waals surface area contributed by atoms with Crippen molar-refractivity contribution in [3.05, 3.63) is 0 Å². The highest BCUT2D eigenvalue weighted by molar-refractivity contribution is 5.42. The van der Waals surface area contributed by atoms with E-state index in [9.17, 15) is 0 Å². The highest BCUT2D eigenvalue weighted by atomic mass is 15.4. The maximum Gasteiger partial charge on any atom is 0.232 e. The van der Waals surface area contributed by atoms with E-state index in [0.717, 1.165) is 32.7 Å². The molecule has 106 valence electrons. The third-order valence-corrected chi connectivity index (χ3v) is 3.22. The van der Waals surface area contributed by atoms with Gasteiger partial charge >= 0.3 is 0 Å². The van der Waals surface area contributed by atoms with Gasteiger partial charge < -0.3 is 15.5 Å². The third-order valence-electron chi connectivity index (χ3n) is 3.22. The second-order valence-corrected chi connectivity index (χ2v) is 5.02. The molecule has 19 heavy (non-hydrogen) atoms. The monoisotopic (exact) mass is 265 g/mol. The SMILES string of the molecule is CCCN1CCN(c2nc(N)nc(N(C)C)n2)CC1. The molecule has 0 aliphatic carbocycles. The Morgan fingerprint density at radius 3 is 2.37 bits per heavy atom. The van der Waals surface area contributed by atoms with Crippen LogP contribution in [0.3, 0.4) is 0 Å². The minimum atomic E-state index is 0.282. The Hall–Kier alpha value is -1.63. The quantitative estimate of drug-likeness (QED) is 0.824. The molecule has 0 atom stereocenters. The lowest BCUT2D eigenvalue weighted by Crippen LogP contribution is -2.47. The van der Waals surface area contributed by atoms with Gasteiger partial charge in [0.1, 0.15) is 0 Å². The summed E-state index contributed by atoms with van der Waals surface area (Å²) in [5.74, 6) is 1.58. The number of nitrogen functional groups attached to an aromatic ring is 1. The molecule has 1 aliphatic heterocycles. The van der Waals surface area contributed by atoms with Crippen LogP contribution in [0.1, 0.15) is 13.3 Å². The molecule has 0 radical (unpaired) electrons. The van der Waals surface area contributed by atoms with Crippen molar-refractivity contribution in [1.82, 2.24) is 19.9 Å². The summed E-state index contributed by atoms with van der Waals surface area (Å²) in [5, 5.41) is 0. The minimum Gasteiger partial charge on any atom is -0.368 e. The molecule has 1 aromatic heterocycles. The fraction of sp³-hybridized carbons (Fsp3) is 0.750. The minimum absolute atomic E-state index is 0.282. The molecule has 2 heterocycles. The van der Waals surface area contributed by atoms with Crippen LogP contribution < -0.4 is 15.5 Å². The van der Waals surface area contributed by atoms with Crippen molar-refractivity contribution in [3.8, 4) is 0 Å². The van der Waals surface area contributed by atoms with Crippen LogP contribution in [-0.4, -0.2) is 66.7 Å². The normalized spacial score (nSPS) is 16.7. The van der Waals surface area contributed by atoms with Crippen molar-refractivity contribution >= 4 is 17.8 Å². The predicted octanol–water partition coefficient (Wildman–Crippen LogP) is 0.0518. The van der Waals surface area contributed by atoms with Gasteiger partial charge in [0.05, 0.1) is 0 Å². The Balaban J connectivity index is 2.06. The van der Waals surface area contributed by atoms with E-state index in [4.69, 9.17) is 5.73 Å². The predicted molar refractivity (Wildman–Crippen MR) is 77.5 cm³/mol. The van der Waals surface area contributed by atoms with Crippen LogP contribution in [0.5, 0.6) is 0 Å². The van der Waals surface area contributed by atoms with Gasteiger partial charge in [-0.1, -0.05) is 6.92 Å². The number of nitrogens with zero attached hydrogens (tertiary/aromatic N) is 6. The van der Waals surface area contributed by atoms with E-state index in [0.29, 0.717) is 11.9 Å². The smallest absolute Gasteiger partial charge is 0.232 e. The van der Waals surface area contributed by atoms with Gasteiger partial charge in [0.2, 0.25) is 17.8 Å². The molecule has 1 fully saturated rings. The Kier molecular flexibility index (Phi) is 4.36. The van der Waals surface area contributed by atoms with Crippen LogP contribution >= 0.6 is 0 Å². The first-order valence-electron chi connectivity index (χ1n) is 6.76. The molecule has 0 unspecified atom stereocenters. The largest absolute Gasteiger partial charge is 0.368 e. The molecule has 0 amide bonds. The second kappa shape index (κ2) is 6.01. The molecule has 1 aliphatic rings. The zero-order valence-electron chi connectivity index (χ0n) is 12.0. The summed E-state index contributed by atoms with van der Waals surface area (Å²) in [6.45, 7) is 7.36. The maximum absolute atomic E-state index is 5.75. The van der Waals surface area contributed by atoms with E-state index in [1.165, 1.54) is 6.42 Å². The highest BCUT2D eigenvalue weighted by Crippen LogP contribution is 2.15. The fourth-order valence-corrected chi connectivity index (χ4v) is 2.20. The van der Waals surface area contributed by atoms with Gasteiger partial charge in [0, 0.05) is 40.3 Å². The topological polar surface area (TPSA) is 74.4 Å². The van der Waals surface area contributed by atoms with E-state index < -0.39 is 0 Å². The molecule has 2 N–H and O–H groups in total. The van der Waals surface area contributed by atoms with E-state index in [-0.39, 0.29) is 5.95 Å². The first-order chi connectivity index (χ1) is 9.10. The molecule has 0 saturated carbocycles. The summed E-state index contributed by atoms with van der Waals surface area (Å²) >= 11 is 0. The van der Waals surface area contributed by atoms with Crippen molar-refractivity contribution in [1.29, 1.82) is 0 Å². The van der Waals surface area contributed by atoms with Gasteiger partial charge in [0.15, 0.2) is 0 Å². The van der Waals surface area contributed by atoms with Crippen LogP contribution in [0.4, 0.5) is 17.8 Å². The lowest BCUT2D eigenvalue weighted by atomic mass is 10.3. The van der Waals surface area contributed by atoms with E-state index in [1.807, 2.05) is 19.0 Å². The average molecular weight is 265 g/mol. The lowest BCUT2D eigenvalue weighted by molar-refractivity contribution is 0.257. The average Bonchev–Trinajstić information content (AvgIpc) is 2.39. The number of hydrogen-bond donors (Lipinski definition) is 1. The summed E-state index contributed by atoms with van der Waals surface area (Å²) in [6.07, 6.45) is 1.20. The molecule has 0 aromatic carbocycles. The lowest BCUT2D eigenvalue weighted by Gasteiger charge is -2.34. The summed E-state index contributed by atoms with van der Waals surface area (Å²) in [5.41, 5.74) is 5.75. The summed E-state index contributed by atoms with van der Waals surface area (Å²) in [7, 11) is 3.80. The molecule has 2 rings (SSSR count). The molecule has 0 bridgehead atoms. The molecule has 1 aromatic rings. The molecule has 1 saturated heterocycles. The van der Waals surface area contributed by atoms with Crippen molar-refractivity contribution in [2.45, 2.75) is 13.3 Å². The van der Waals surface area contributed by atoms with Gasteiger partial charge in [-0.15, -0.1) is 0 Å². The molecular formula is C12H23N7. The summed E-state index contributed by atoms with van der Waals surface area (Å²) in [6, 6.07) is 0. The fourth-order valence-electron chi connectivity index (χ4n) is 2.20. The first kappa shape index (κ1) is 13.8. The standard InChI is InChI=1S/C12H23N7/c1-4-5-18-6-8-19(9-7-18)12-15-10(13)14-11(16-12)17(2)3/h4-9H2,1-3H3,(H2,13,14,15,16). The Labute approximate surface area is 114 Å². The Morgan fingerprint density at radius 1 is 1.11 bits per heavy atom. The number of hydrogen-bond acceptors (Lipinski definition) is 7. The van der Waals surface area contributed by atoms with E-state index in [1.54, 1.807) is 0 Å². The van der Waals surface area contributed by atoms with Gasteiger partial charge in [-0.2, -0.15) is 15.0 Å². The maximum atomic E-state index is 5.75. The summed E-state index contributed by atoms with van der Waals surface area (Å²) < 4.78 is 0. The van der Waals surface area contributed by atoms with Crippen LogP contribution in [0, 0.1) is 0 Å². The van der Waals surface area contributed by atoms with Gasteiger partial charge in [-0.05, 0) is 13.0 Å². The van der Waals surface area contributed by atoms with Gasteiger partial charge in [-0.25, -0.2) is 0 Å². The highest BCUT2D eigenvalue weighted by Gasteiger charge is 2.19. The number of piperazine rings is 1. The number of rotatable bonds is 4. The van der Waals surface area contributed by atoms with Crippen LogP contribution in [0.25, 0.3) is 0 Å². The van der Waals surface area contributed by atoms with Crippen LogP contribution in [-0.2, 0) is 0 Å². The Bertz CT molecular complexity index is 413. The van der Waals surface area contributed by atoms with E-state index >= 15 is 0 Å². The third kappa shape index (κ3) is 3.44. The molecule has 0 spiro atoms. The van der Waals surface area contributed by atoms with Crippen molar-refractivity contribution in [3.63, 3.8) is 0 Å². The van der Waals surface area contributed by atoms with E-state index in [2.05, 4.69) is 31.7 Å². The van der Waals surface area contributed by atoms with Crippen molar-refractivity contribution in [2.24, 2.45) is 0 Å². The number of anilines is 3. The zero-order valence-corrected chi connectivity index (χ0v) is 12.0. The number of aromatic nitrogens is 3. The molecule has 7 heteroatoms. The first-order valence-corrected chi connectivity index (χ1v) is 6.76. The molecule has 7 nitrogen and oxygen atoms in total. The van der Waals surface area contributed by atoms with Crippen LogP contribution in [0.2, 0.25) is 0 Å². The zero-order chi connectivity index (χ0) is 13.8. The van der Waals surface area contributed by atoms with Crippen LogP contribution in [0.15, 0.2) is 0 Å². The summed E-state index contributed by atoms with van der Waals surface area (Å²) in [4.78, 5) is 19.3. The second-order valence-electron chi connectivity index (χ2n) is 5.02. The van der Waals surface area contributed by atoms with Gasteiger partial charge in [0.25, 0.3) is 0 Å². The number of nitrogens with two attached hydrogens (primary N) is 1.